The summed E-state index contributed by atoms with van der Waals surface area (Å²) in [6, 6.07) is 5.71. The maximum Gasteiger partial charge on any atom is 0.277 e. The van der Waals surface area contributed by atoms with Gasteiger partial charge in [0.05, 0.1) is 16.9 Å². The van der Waals surface area contributed by atoms with E-state index in [0.29, 0.717) is 3.57 Å². The topological polar surface area (TPSA) is 90.8 Å². The van der Waals surface area contributed by atoms with Gasteiger partial charge in [0.1, 0.15) is 12.4 Å². The minimum absolute atomic E-state index is 0.161. The van der Waals surface area contributed by atoms with Crippen molar-refractivity contribution in [3.05, 3.63) is 56.9 Å². The van der Waals surface area contributed by atoms with Gasteiger partial charge >= 0.3 is 0 Å². The van der Waals surface area contributed by atoms with Gasteiger partial charge in [-0.15, -0.1) is 0 Å². The monoisotopic (exact) mass is 468 g/mol. The molecule has 0 unspecified atom stereocenters. The van der Waals surface area contributed by atoms with Crippen molar-refractivity contribution in [1.29, 1.82) is 0 Å². The number of rotatable bonds is 6. The van der Waals surface area contributed by atoms with Crippen molar-refractivity contribution in [2.45, 2.75) is 6.29 Å². The summed E-state index contributed by atoms with van der Waals surface area (Å²) in [7, 11) is 0. The van der Waals surface area contributed by atoms with Crippen LogP contribution in [0.25, 0.3) is 0 Å². The molecule has 4 N–H and O–H groups in total. The number of hydroxylamine groups is 1. The second-order valence-corrected chi connectivity index (χ2v) is 6.00. The Balaban J connectivity index is 2.32. The fourth-order valence-electron chi connectivity index (χ4n) is 1.82. The molecule has 0 saturated carbocycles. The maximum absolute atomic E-state index is 14.1. The Hall–Kier alpha value is -1.89. The number of aliphatic hydroxyl groups excluding tert-OH is 1. The number of nitrogens with one attached hydrogen (secondary N) is 2. The Kier molecular flexibility index (Phi) is 6.58. The molecule has 0 atom stereocenters. The molecule has 1 amide bonds. The van der Waals surface area contributed by atoms with Gasteiger partial charge in [-0.2, -0.15) is 0 Å². The summed E-state index contributed by atoms with van der Waals surface area (Å²) in [6.45, 7) is -0.635. The number of aliphatic hydroxyl groups is 2. The third-order valence-corrected chi connectivity index (χ3v) is 3.60. The quantitative estimate of drug-likeness (QED) is 0.297. The van der Waals surface area contributed by atoms with Gasteiger partial charge in [-0.05, 0) is 52.9 Å². The van der Waals surface area contributed by atoms with Crippen molar-refractivity contribution in [1.82, 2.24) is 5.48 Å². The Morgan fingerprint density at radius 1 is 1.16 bits per heavy atom. The van der Waals surface area contributed by atoms with E-state index in [2.05, 4.69) is 10.2 Å². The Bertz CT molecular complexity index is 790. The third kappa shape index (κ3) is 5.04. The van der Waals surface area contributed by atoms with Crippen LogP contribution in [-0.4, -0.2) is 29.0 Å². The van der Waals surface area contributed by atoms with Crippen LogP contribution in [0.3, 0.4) is 0 Å². The predicted octanol–water partition coefficient (Wildman–Crippen LogP) is 2.42. The fraction of sp³-hybridized carbons (Fsp3) is 0.133. The van der Waals surface area contributed by atoms with Gasteiger partial charge in [-0.3, -0.25) is 9.63 Å². The number of hydrogen-bond acceptors (Lipinski definition) is 5. The standard InChI is InChI=1S/C15H12F3IN2O4/c16-9-3-2-8(15(24)21-25-6-12(22)23)14(13(9)18)20-11-4-1-7(19)5-10(11)17/h1-5,12,20,22-23H,6H2,(H,21,24). The van der Waals surface area contributed by atoms with Gasteiger partial charge in [-0.1, -0.05) is 0 Å². The van der Waals surface area contributed by atoms with Crippen LogP contribution in [0.2, 0.25) is 0 Å². The highest BCUT2D eigenvalue weighted by Crippen LogP contribution is 2.28. The van der Waals surface area contributed by atoms with Crippen LogP contribution in [0.1, 0.15) is 10.4 Å². The number of halogens is 4. The van der Waals surface area contributed by atoms with Gasteiger partial charge in [0.25, 0.3) is 5.91 Å². The van der Waals surface area contributed by atoms with Crippen LogP contribution < -0.4 is 10.8 Å². The van der Waals surface area contributed by atoms with E-state index in [-0.39, 0.29) is 11.3 Å². The maximum atomic E-state index is 14.1. The summed E-state index contributed by atoms with van der Waals surface area (Å²) in [6.07, 6.45) is -1.83. The van der Waals surface area contributed by atoms with E-state index in [1.54, 1.807) is 0 Å². The van der Waals surface area contributed by atoms with E-state index < -0.39 is 41.9 Å². The number of carbonyl (C=O) groups excluding carboxylic acids is 1. The molecule has 0 aliphatic carbocycles. The summed E-state index contributed by atoms with van der Waals surface area (Å²) in [5.41, 5.74) is 0.720. The molecule has 0 aliphatic heterocycles. The van der Waals surface area contributed by atoms with Crippen molar-refractivity contribution >= 4 is 39.9 Å². The van der Waals surface area contributed by atoms with Crippen molar-refractivity contribution < 1.29 is 33.0 Å². The lowest BCUT2D eigenvalue weighted by Crippen LogP contribution is -2.29. The average Bonchev–Trinajstić information content (AvgIpc) is 2.53. The first-order chi connectivity index (χ1) is 11.8. The number of carbonyl (C=O) groups is 1. The Morgan fingerprint density at radius 3 is 2.52 bits per heavy atom. The highest BCUT2D eigenvalue weighted by Gasteiger charge is 2.20. The normalized spacial score (nSPS) is 10.8. The molecule has 10 heteroatoms. The van der Waals surface area contributed by atoms with E-state index in [1.807, 2.05) is 28.1 Å². The average molecular weight is 468 g/mol. The summed E-state index contributed by atoms with van der Waals surface area (Å²) >= 11 is 1.88. The number of amides is 1. The molecule has 0 radical (unpaired) electrons. The molecule has 0 bridgehead atoms. The van der Waals surface area contributed by atoms with Crippen LogP contribution in [0.5, 0.6) is 0 Å². The van der Waals surface area contributed by atoms with Gasteiger partial charge in [0, 0.05) is 3.57 Å². The first kappa shape index (κ1) is 19.4. The van der Waals surface area contributed by atoms with Crippen molar-refractivity contribution in [3.8, 4) is 0 Å². The lowest BCUT2D eigenvalue weighted by molar-refractivity contribution is -0.111. The summed E-state index contributed by atoms with van der Waals surface area (Å²) in [5, 5.41) is 19.6. The molecule has 0 fully saturated rings. The van der Waals surface area contributed by atoms with Crippen molar-refractivity contribution in [3.63, 3.8) is 0 Å². The first-order valence-electron chi connectivity index (χ1n) is 6.78. The highest BCUT2D eigenvalue weighted by atomic mass is 127. The SMILES string of the molecule is O=C(NOCC(O)O)c1ccc(F)c(F)c1Nc1ccc(I)cc1F. The van der Waals surface area contributed by atoms with Gasteiger partial charge < -0.3 is 15.5 Å². The van der Waals surface area contributed by atoms with Crippen LogP contribution in [0.4, 0.5) is 24.5 Å². The molecule has 0 aromatic heterocycles. The van der Waals surface area contributed by atoms with E-state index in [4.69, 9.17) is 10.2 Å². The van der Waals surface area contributed by atoms with E-state index in [0.717, 1.165) is 12.1 Å². The van der Waals surface area contributed by atoms with Gasteiger partial charge in [0.15, 0.2) is 17.9 Å². The van der Waals surface area contributed by atoms with Crippen LogP contribution in [0.15, 0.2) is 30.3 Å². The lowest BCUT2D eigenvalue weighted by atomic mass is 10.1. The van der Waals surface area contributed by atoms with Crippen LogP contribution in [0, 0.1) is 21.0 Å². The molecule has 0 spiro atoms. The Labute approximate surface area is 153 Å². The van der Waals surface area contributed by atoms with E-state index >= 15 is 0 Å². The minimum atomic E-state index is -1.83. The van der Waals surface area contributed by atoms with Crippen LogP contribution >= 0.6 is 22.6 Å². The molecular weight excluding hydrogens is 456 g/mol. The molecule has 0 heterocycles. The second-order valence-electron chi connectivity index (χ2n) is 4.76. The molecule has 2 aromatic carbocycles. The number of anilines is 2. The molecule has 0 aliphatic rings. The van der Waals surface area contributed by atoms with Crippen molar-refractivity contribution in [2.24, 2.45) is 0 Å². The zero-order chi connectivity index (χ0) is 18.6. The Morgan fingerprint density at radius 2 is 1.88 bits per heavy atom. The number of benzene rings is 2. The lowest BCUT2D eigenvalue weighted by Gasteiger charge is -2.14. The van der Waals surface area contributed by atoms with Gasteiger partial charge in [0.2, 0.25) is 0 Å². The zero-order valence-corrected chi connectivity index (χ0v) is 14.6. The highest BCUT2D eigenvalue weighted by molar-refractivity contribution is 14.1. The zero-order valence-electron chi connectivity index (χ0n) is 12.4. The predicted molar refractivity (Wildman–Crippen MR) is 90.4 cm³/mol. The fourth-order valence-corrected chi connectivity index (χ4v) is 2.28. The minimum Gasteiger partial charge on any atom is -0.366 e. The smallest absolute Gasteiger partial charge is 0.277 e. The molecule has 134 valence electrons. The first-order valence-corrected chi connectivity index (χ1v) is 7.85. The van der Waals surface area contributed by atoms with Crippen LogP contribution in [-0.2, 0) is 4.84 Å². The molecule has 25 heavy (non-hydrogen) atoms. The van der Waals surface area contributed by atoms with E-state index in [9.17, 15) is 18.0 Å². The van der Waals surface area contributed by atoms with Crippen molar-refractivity contribution in [2.75, 3.05) is 11.9 Å². The molecule has 2 rings (SSSR count). The summed E-state index contributed by atoms with van der Waals surface area (Å²) < 4.78 is 42.1. The molecular formula is C15H12F3IN2O4. The molecule has 6 nitrogen and oxygen atoms in total. The largest absolute Gasteiger partial charge is 0.366 e. The second kappa shape index (κ2) is 8.47. The third-order valence-electron chi connectivity index (χ3n) is 2.93. The number of hydrogen-bond donors (Lipinski definition) is 4. The summed E-state index contributed by atoms with van der Waals surface area (Å²) in [4.78, 5) is 16.5. The summed E-state index contributed by atoms with van der Waals surface area (Å²) in [5.74, 6) is -4.33. The van der Waals surface area contributed by atoms with Gasteiger partial charge in [-0.25, -0.2) is 18.7 Å². The molecule has 0 saturated heterocycles. The molecule has 2 aromatic rings. The van der Waals surface area contributed by atoms with E-state index in [1.165, 1.54) is 18.2 Å².